The standard InChI is InChI=1S/C14H19BrN2O/c1-10-8-17(9-11(2)16-10)14(18)7-12-3-5-13(15)6-4-12/h3-6,10-11,16H,7-9H2,1-2H3. The quantitative estimate of drug-likeness (QED) is 0.908. The average molecular weight is 311 g/mol. The number of nitrogens with zero attached hydrogens (tertiary/aromatic N) is 1. The first-order chi connectivity index (χ1) is 8.54. The zero-order valence-corrected chi connectivity index (χ0v) is 12.4. The predicted molar refractivity (Wildman–Crippen MR) is 76.5 cm³/mol. The van der Waals surface area contributed by atoms with E-state index in [1.165, 1.54) is 0 Å². The summed E-state index contributed by atoms with van der Waals surface area (Å²) >= 11 is 3.40. The second-order valence-electron chi connectivity index (χ2n) is 5.07. The zero-order valence-electron chi connectivity index (χ0n) is 10.8. The number of carbonyl (C=O) groups is 1. The summed E-state index contributed by atoms with van der Waals surface area (Å²) in [4.78, 5) is 14.2. The third-order valence-corrected chi connectivity index (χ3v) is 3.71. The van der Waals surface area contributed by atoms with Gasteiger partial charge in [0.15, 0.2) is 0 Å². The van der Waals surface area contributed by atoms with E-state index in [1.807, 2.05) is 29.2 Å². The summed E-state index contributed by atoms with van der Waals surface area (Å²) in [5.41, 5.74) is 1.07. The zero-order chi connectivity index (χ0) is 13.1. The van der Waals surface area contributed by atoms with Crippen molar-refractivity contribution in [1.29, 1.82) is 0 Å². The van der Waals surface area contributed by atoms with Gasteiger partial charge in [0, 0.05) is 29.6 Å². The SMILES string of the molecule is CC1CN(C(=O)Cc2ccc(Br)cc2)CC(C)N1. The molecule has 1 heterocycles. The van der Waals surface area contributed by atoms with Crippen molar-refractivity contribution in [2.45, 2.75) is 32.4 Å². The third-order valence-electron chi connectivity index (χ3n) is 3.18. The monoisotopic (exact) mass is 310 g/mol. The highest BCUT2D eigenvalue weighted by atomic mass is 79.9. The van der Waals surface area contributed by atoms with Crippen molar-refractivity contribution in [3.05, 3.63) is 34.3 Å². The molecule has 1 saturated heterocycles. The molecule has 1 aliphatic rings. The van der Waals surface area contributed by atoms with Gasteiger partial charge in [-0.25, -0.2) is 0 Å². The van der Waals surface area contributed by atoms with Crippen molar-refractivity contribution in [3.63, 3.8) is 0 Å². The van der Waals surface area contributed by atoms with E-state index in [0.29, 0.717) is 18.5 Å². The lowest BCUT2D eigenvalue weighted by Crippen LogP contribution is -2.56. The highest BCUT2D eigenvalue weighted by Gasteiger charge is 2.24. The molecule has 2 rings (SSSR count). The number of hydrogen-bond donors (Lipinski definition) is 1. The van der Waals surface area contributed by atoms with Crippen LogP contribution in [0.5, 0.6) is 0 Å². The third kappa shape index (κ3) is 3.56. The number of nitrogens with one attached hydrogen (secondary N) is 1. The number of piperazine rings is 1. The maximum absolute atomic E-state index is 12.2. The van der Waals surface area contributed by atoms with Crippen LogP contribution in [0.15, 0.2) is 28.7 Å². The number of carbonyl (C=O) groups excluding carboxylic acids is 1. The van der Waals surface area contributed by atoms with Gasteiger partial charge >= 0.3 is 0 Å². The Morgan fingerprint density at radius 3 is 2.39 bits per heavy atom. The number of hydrogen-bond acceptors (Lipinski definition) is 2. The molecule has 4 heteroatoms. The Morgan fingerprint density at radius 1 is 1.28 bits per heavy atom. The van der Waals surface area contributed by atoms with Crippen molar-refractivity contribution in [2.75, 3.05) is 13.1 Å². The lowest BCUT2D eigenvalue weighted by molar-refractivity contribution is -0.132. The minimum absolute atomic E-state index is 0.220. The largest absolute Gasteiger partial charge is 0.339 e. The number of amides is 1. The maximum atomic E-state index is 12.2. The van der Waals surface area contributed by atoms with E-state index in [4.69, 9.17) is 0 Å². The van der Waals surface area contributed by atoms with E-state index in [0.717, 1.165) is 23.1 Å². The van der Waals surface area contributed by atoms with Gasteiger partial charge in [-0.3, -0.25) is 4.79 Å². The summed E-state index contributed by atoms with van der Waals surface area (Å²) < 4.78 is 1.04. The fraction of sp³-hybridized carbons (Fsp3) is 0.500. The molecular weight excluding hydrogens is 292 g/mol. The molecule has 1 fully saturated rings. The molecule has 3 nitrogen and oxygen atoms in total. The van der Waals surface area contributed by atoms with Crippen molar-refractivity contribution in [2.24, 2.45) is 0 Å². The first-order valence-corrected chi connectivity index (χ1v) is 7.12. The summed E-state index contributed by atoms with van der Waals surface area (Å²) in [5, 5.41) is 3.44. The molecular formula is C14H19BrN2O. The van der Waals surface area contributed by atoms with Crippen LogP contribution < -0.4 is 5.32 Å². The molecule has 0 spiro atoms. The predicted octanol–water partition coefficient (Wildman–Crippen LogP) is 2.20. The number of benzene rings is 1. The molecule has 2 unspecified atom stereocenters. The molecule has 1 amide bonds. The van der Waals surface area contributed by atoms with E-state index in [2.05, 4.69) is 35.1 Å². The van der Waals surface area contributed by atoms with Gasteiger partial charge in [0.25, 0.3) is 0 Å². The second-order valence-corrected chi connectivity index (χ2v) is 5.99. The minimum Gasteiger partial charge on any atom is -0.339 e. The molecule has 1 aromatic rings. The van der Waals surface area contributed by atoms with Gasteiger partial charge < -0.3 is 10.2 Å². The highest BCUT2D eigenvalue weighted by molar-refractivity contribution is 9.10. The second kappa shape index (κ2) is 5.85. The first-order valence-electron chi connectivity index (χ1n) is 6.33. The van der Waals surface area contributed by atoms with Crippen LogP contribution in [-0.4, -0.2) is 36.0 Å². The Balaban J connectivity index is 1.97. The average Bonchev–Trinajstić information content (AvgIpc) is 2.31. The van der Waals surface area contributed by atoms with Crippen molar-refractivity contribution in [1.82, 2.24) is 10.2 Å². The summed E-state index contributed by atoms with van der Waals surface area (Å²) in [5.74, 6) is 0.220. The van der Waals surface area contributed by atoms with Gasteiger partial charge in [-0.2, -0.15) is 0 Å². The van der Waals surface area contributed by atoms with Gasteiger partial charge in [-0.1, -0.05) is 28.1 Å². The van der Waals surface area contributed by atoms with Gasteiger partial charge in [0.2, 0.25) is 5.91 Å². The Labute approximate surface area is 117 Å². The van der Waals surface area contributed by atoms with Gasteiger partial charge in [-0.05, 0) is 31.5 Å². The topological polar surface area (TPSA) is 32.3 Å². The van der Waals surface area contributed by atoms with E-state index in [-0.39, 0.29) is 5.91 Å². The van der Waals surface area contributed by atoms with Crippen LogP contribution in [0.1, 0.15) is 19.4 Å². The molecule has 0 bridgehead atoms. The fourth-order valence-corrected chi connectivity index (χ4v) is 2.68. The molecule has 0 aliphatic carbocycles. The van der Waals surface area contributed by atoms with E-state index >= 15 is 0 Å². The van der Waals surface area contributed by atoms with Crippen LogP contribution in [0, 0.1) is 0 Å². The molecule has 1 aromatic carbocycles. The van der Waals surface area contributed by atoms with Crippen molar-refractivity contribution >= 4 is 21.8 Å². The lowest BCUT2D eigenvalue weighted by atomic mass is 10.1. The number of rotatable bonds is 2. The molecule has 18 heavy (non-hydrogen) atoms. The van der Waals surface area contributed by atoms with Crippen molar-refractivity contribution < 1.29 is 4.79 Å². The van der Waals surface area contributed by atoms with Crippen LogP contribution in [0.25, 0.3) is 0 Å². The minimum atomic E-state index is 0.220. The first kappa shape index (κ1) is 13.6. The van der Waals surface area contributed by atoms with Crippen LogP contribution in [0.3, 0.4) is 0 Å². The van der Waals surface area contributed by atoms with Gasteiger partial charge in [0.05, 0.1) is 6.42 Å². The molecule has 1 N–H and O–H groups in total. The molecule has 0 radical (unpaired) electrons. The Bertz CT molecular complexity index is 408. The van der Waals surface area contributed by atoms with E-state index in [9.17, 15) is 4.79 Å². The molecule has 1 aliphatic heterocycles. The normalized spacial score (nSPS) is 24.1. The summed E-state index contributed by atoms with van der Waals surface area (Å²) in [6, 6.07) is 8.70. The summed E-state index contributed by atoms with van der Waals surface area (Å²) in [7, 11) is 0. The summed E-state index contributed by atoms with van der Waals surface area (Å²) in [6.45, 7) is 5.85. The van der Waals surface area contributed by atoms with E-state index in [1.54, 1.807) is 0 Å². The molecule has 0 saturated carbocycles. The summed E-state index contributed by atoms with van der Waals surface area (Å²) in [6.07, 6.45) is 0.493. The van der Waals surface area contributed by atoms with Crippen molar-refractivity contribution in [3.8, 4) is 0 Å². The Kier molecular flexibility index (Phi) is 4.40. The fourth-order valence-electron chi connectivity index (χ4n) is 2.42. The molecule has 98 valence electrons. The maximum Gasteiger partial charge on any atom is 0.227 e. The Hall–Kier alpha value is -0.870. The number of halogens is 1. The van der Waals surface area contributed by atoms with Crippen LogP contribution >= 0.6 is 15.9 Å². The molecule has 2 atom stereocenters. The van der Waals surface area contributed by atoms with Gasteiger partial charge in [-0.15, -0.1) is 0 Å². The van der Waals surface area contributed by atoms with Crippen LogP contribution in [0.4, 0.5) is 0 Å². The lowest BCUT2D eigenvalue weighted by Gasteiger charge is -2.36. The van der Waals surface area contributed by atoms with Crippen LogP contribution in [-0.2, 0) is 11.2 Å². The highest BCUT2D eigenvalue weighted by Crippen LogP contribution is 2.13. The van der Waals surface area contributed by atoms with Crippen LogP contribution in [0.2, 0.25) is 0 Å². The van der Waals surface area contributed by atoms with E-state index < -0.39 is 0 Å². The Morgan fingerprint density at radius 2 is 1.83 bits per heavy atom. The van der Waals surface area contributed by atoms with Gasteiger partial charge in [0.1, 0.15) is 0 Å². The molecule has 0 aromatic heterocycles. The smallest absolute Gasteiger partial charge is 0.227 e.